The monoisotopic (exact) mass is 137 g/mol. The Morgan fingerprint density at radius 3 is 1.90 bits per heavy atom. The minimum atomic E-state index is 0. The van der Waals surface area contributed by atoms with Crippen molar-refractivity contribution in [1.82, 2.24) is 0 Å². The van der Waals surface area contributed by atoms with Crippen LogP contribution in [-0.4, -0.2) is 22.8 Å². The van der Waals surface area contributed by atoms with Gasteiger partial charge >= 0.3 is 7.69 Å². The fraction of sp³-hybridized carbons (Fsp3) is 0. The molecule has 1 radical (unpaired) electrons. The van der Waals surface area contributed by atoms with Crippen LogP contribution in [0.3, 0.4) is 0 Å². The smallest absolute Gasteiger partial charge is 0.482 e. The van der Waals surface area contributed by atoms with Gasteiger partial charge in [0.1, 0.15) is 5.75 Å². The molecule has 51 valence electrons. The zero-order valence-electron chi connectivity index (χ0n) is 5.15. The molecule has 0 aromatic carbocycles. The van der Waals surface area contributed by atoms with E-state index in [-0.39, 0.29) is 7.69 Å². The van der Waals surface area contributed by atoms with Gasteiger partial charge in [0.2, 0.25) is 0 Å². The quantitative estimate of drug-likeness (QED) is 0.443. The third-order valence-electron chi connectivity index (χ3n) is 1.22. The standard InChI is InChI=1S/C6H4O.BH2O2/c7-6-2-1-4-3-5(4)6;2-1-3/h1-3,7H;2-3H. The molecule has 0 saturated carbocycles. The van der Waals surface area contributed by atoms with Gasteiger partial charge in [-0.05, 0) is 17.7 Å². The van der Waals surface area contributed by atoms with Gasteiger partial charge in [0.05, 0.1) is 0 Å². The Kier molecular flexibility index (Phi) is 1.94. The van der Waals surface area contributed by atoms with Gasteiger partial charge in [0, 0.05) is 5.56 Å². The minimum Gasteiger partial charge on any atom is -0.507 e. The molecule has 2 aliphatic rings. The van der Waals surface area contributed by atoms with Crippen LogP contribution in [0.4, 0.5) is 0 Å². The average molecular weight is 137 g/mol. The summed E-state index contributed by atoms with van der Waals surface area (Å²) in [6.45, 7) is 0. The molecule has 0 unspecified atom stereocenters. The molecule has 0 fully saturated rings. The van der Waals surface area contributed by atoms with Crippen LogP contribution in [0.25, 0.3) is 11.1 Å². The lowest BCUT2D eigenvalue weighted by Gasteiger charge is -1.72. The lowest BCUT2D eigenvalue weighted by Crippen LogP contribution is -1.75. The van der Waals surface area contributed by atoms with Crippen molar-refractivity contribution in [1.29, 1.82) is 0 Å². The Morgan fingerprint density at radius 2 is 1.80 bits per heavy atom. The number of fused-ring (bicyclic) bond motifs is 1. The first kappa shape index (κ1) is 7.12. The third kappa shape index (κ3) is 1.29. The van der Waals surface area contributed by atoms with Gasteiger partial charge in [-0.2, -0.15) is 0 Å². The van der Waals surface area contributed by atoms with E-state index in [1.165, 1.54) is 5.56 Å². The maximum Gasteiger partial charge on any atom is 0.482 e. The summed E-state index contributed by atoms with van der Waals surface area (Å²) in [5.74, 6) is 0.426. The molecule has 0 amide bonds. The first-order chi connectivity index (χ1) is 4.79. The predicted molar refractivity (Wildman–Crippen MR) is 37.3 cm³/mol. The Labute approximate surface area is 58.9 Å². The summed E-state index contributed by atoms with van der Waals surface area (Å²) in [7, 11) is 0. The Balaban J connectivity index is 0.000000148. The first-order valence-corrected chi connectivity index (χ1v) is 2.73. The van der Waals surface area contributed by atoms with E-state index >= 15 is 0 Å². The average Bonchev–Trinajstić information content (AvgIpc) is 2.57. The molecule has 2 rings (SSSR count). The lowest BCUT2D eigenvalue weighted by molar-refractivity contribution is 0.448. The second-order valence-corrected chi connectivity index (χ2v) is 1.85. The number of hydrogen-bond acceptors (Lipinski definition) is 3. The van der Waals surface area contributed by atoms with Crippen LogP contribution in [-0.2, 0) is 0 Å². The SMILES string of the molecule is O[B]O.Oc1ccc2cc1-2. The van der Waals surface area contributed by atoms with Crippen molar-refractivity contribution in [2.24, 2.45) is 0 Å². The molecule has 2 aliphatic carbocycles. The van der Waals surface area contributed by atoms with Gasteiger partial charge in [0.15, 0.2) is 0 Å². The first-order valence-electron chi connectivity index (χ1n) is 2.73. The molecule has 3 nitrogen and oxygen atoms in total. The van der Waals surface area contributed by atoms with Crippen molar-refractivity contribution in [2.45, 2.75) is 0 Å². The van der Waals surface area contributed by atoms with Crippen molar-refractivity contribution in [3.8, 4) is 16.9 Å². The van der Waals surface area contributed by atoms with Crippen LogP contribution in [0.15, 0.2) is 18.2 Å². The molecule has 0 aromatic heterocycles. The molecule has 0 aliphatic heterocycles. The fourth-order valence-corrected chi connectivity index (χ4v) is 0.738. The van der Waals surface area contributed by atoms with Crippen LogP contribution < -0.4 is 0 Å². The summed E-state index contributed by atoms with van der Waals surface area (Å²) in [6.07, 6.45) is 0. The molecule has 3 N–H and O–H groups in total. The highest BCUT2D eigenvalue weighted by atomic mass is 16.4. The number of aromatic hydroxyl groups is 1. The van der Waals surface area contributed by atoms with Gasteiger partial charge in [-0.25, -0.2) is 0 Å². The Bertz CT molecular complexity index is 236. The van der Waals surface area contributed by atoms with E-state index < -0.39 is 0 Å². The van der Waals surface area contributed by atoms with Crippen LogP contribution in [0.2, 0.25) is 0 Å². The number of phenols is 1. The Hall–Kier alpha value is -0.995. The zero-order valence-corrected chi connectivity index (χ0v) is 5.15. The normalized spacial score (nSPS) is 9.40. The summed E-state index contributed by atoms with van der Waals surface area (Å²) in [6, 6.07) is 5.57. The van der Waals surface area contributed by atoms with Gasteiger partial charge in [-0.3, -0.25) is 0 Å². The van der Waals surface area contributed by atoms with Crippen LogP contribution in [0, 0.1) is 0 Å². The van der Waals surface area contributed by atoms with E-state index in [1.807, 2.05) is 12.1 Å². The third-order valence-corrected chi connectivity index (χ3v) is 1.22. The molecule has 0 heterocycles. The summed E-state index contributed by atoms with van der Waals surface area (Å²) in [5, 5.41) is 22.8. The zero-order chi connectivity index (χ0) is 7.56. The number of hydrogen-bond donors (Lipinski definition) is 3. The van der Waals surface area contributed by atoms with Crippen molar-refractivity contribution < 1.29 is 15.2 Å². The van der Waals surface area contributed by atoms with E-state index in [1.54, 1.807) is 6.07 Å². The van der Waals surface area contributed by atoms with E-state index in [4.69, 9.17) is 15.2 Å². The molecular formula is C6H6BO3. The summed E-state index contributed by atoms with van der Waals surface area (Å²) < 4.78 is 0. The largest absolute Gasteiger partial charge is 0.507 e. The second-order valence-electron chi connectivity index (χ2n) is 1.85. The molecule has 0 aromatic rings. The van der Waals surface area contributed by atoms with E-state index in [9.17, 15) is 0 Å². The molecule has 0 spiro atoms. The van der Waals surface area contributed by atoms with Crippen LogP contribution >= 0.6 is 0 Å². The molecule has 0 bridgehead atoms. The highest BCUT2D eigenvalue weighted by Crippen LogP contribution is 2.42. The second kappa shape index (κ2) is 2.73. The van der Waals surface area contributed by atoms with Gasteiger partial charge < -0.3 is 15.2 Å². The predicted octanol–water partition coefficient (Wildman–Crippen LogP) is -0.122. The van der Waals surface area contributed by atoms with Crippen LogP contribution in [0.5, 0.6) is 5.75 Å². The minimum absolute atomic E-state index is 0. The summed E-state index contributed by atoms with van der Waals surface area (Å²) in [4.78, 5) is 0. The van der Waals surface area contributed by atoms with Crippen molar-refractivity contribution in [3.05, 3.63) is 18.2 Å². The van der Waals surface area contributed by atoms with Gasteiger partial charge in [0.25, 0.3) is 0 Å². The van der Waals surface area contributed by atoms with E-state index in [0.717, 1.165) is 5.56 Å². The van der Waals surface area contributed by atoms with E-state index in [2.05, 4.69) is 0 Å². The Morgan fingerprint density at radius 1 is 1.20 bits per heavy atom. The molecule has 0 saturated heterocycles. The maximum atomic E-state index is 8.78. The number of rotatable bonds is 0. The molecule has 4 heteroatoms. The highest BCUT2D eigenvalue weighted by Gasteiger charge is 2.15. The number of benzene rings is 1. The number of phenolic OH excluding ortho intramolecular Hbond substituents is 1. The van der Waals surface area contributed by atoms with Gasteiger partial charge in [-0.1, -0.05) is 6.07 Å². The van der Waals surface area contributed by atoms with E-state index in [0.29, 0.717) is 5.75 Å². The van der Waals surface area contributed by atoms with Crippen molar-refractivity contribution in [2.75, 3.05) is 0 Å². The maximum absolute atomic E-state index is 8.78. The highest BCUT2D eigenvalue weighted by molar-refractivity contribution is 6.13. The lowest BCUT2D eigenvalue weighted by atomic mass is 10.5. The van der Waals surface area contributed by atoms with Gasteiger partial charge in [-0.15, -0.1) is 0 Å². The summed E-state index contributed by atoms with van der Waals surface area (Å²) in [5.41, 5.74) is 2.22. The molecular weight excluding hydrogens is 131 g/mol. The van der Waals surface area contributed by atoms with Crippen molar-refractivity contribution >= 4 is 7.69 Å². The van der Waals surface area contributed by atoms with Crippen LogP contribution in [0.1, 0.15) is 0 Å². The topological polar surface area (TPSA) is 60.7 Å². The van der Waals surface area contributed by atoms with Crippen molar-refractivity contribution in [3.63, 3.8) is 0 Å². The molecule has 0 atom stereocenters. The molecule has 10 heavy (non-hydrogen) atoms. The summed E-state index contributed by atoms with van der Waals surface area (Å²) >= 11 is 0. The fourth-order valence-electron chi connectivity index (χ4n) is 0.738.